The molecule has 2 aliphatic heterocycles. The molecule has 1 fully saturated rings. The van der Waals surface area contributed by atoms with Crippen LogP contribution in [-0.2, 0) is 20.7 Å². The molecule has 0 radical (unpaired) electrons. The third-order valence-corrected chi connectivity index (χ3v) is 4.89. The van der Waals surface area contributed by atoms with Crippen LogP contribution in [0.5, 0.6) is 0 Å². The molecule has 1 N–H and O–H groups in total. The Labute approximate surface area is 142 Å². The number of carbonyl (C=O) groups excluding carboxylic acids is 2. The van der Waals surface area contributed by atoms with E-state index in [2.05, 4.69) is 5.32 Å². The molecule has 24 heavy (non-hydrogen) atoms. The highest BCUT2D eigenvalue weighted by molar-refractivity contribution is 5.95. The average Bonchev–Trinajstić information content (AvgIpc) is 3.14. The van der Waals surface area contributed by atoms with Gasteiger partial charge in [0, 0.05) is 39.5 Å². The van der Waals surface area contributed by atoms with Crippen molar-refractivity contribution in [3.05, 3.63) is 29.3 Å². The fourth-order valence-electron chi connectivity index (χ4n) is 3.60. The molecule has 0 spiro atoms. The Bertz CT molecular complexity index is 626. The minimum atomic E-state index is -0.308. The SMILES string of the molecule is COCC(=O)N(C)c1cccc2c1CCNC2C(=O)N1CCCC1. The van der Waals surface area contributed by atoms with Gasteiger partial charge in [-0.15, -0.1) is 0 Å². The number of nitrogens with one attached hydrogen (secondary N) is 1. The molecule has 2 aliphatic rings. The van der Waals surface area contributed by atoms with E-state index in [0.717, 1.165) is 55.7 Å². The standard InChI is InChI=1S/C18H25N3O3/c1-20(16(22)12-24-2)15-7-5-6-14-13(15)8-9-19-17(14)18(23)21-10-3-4-11-21/h5-7,17,19H,3-4,8-12H2,1-2H3. The van der Waals surface area contributed by atoms with Gasteiger partial charge in [0.1, 0.15) is 12.6 Å². The van der Waals surface area contributed by atoms with Crippen molar-refractivity contribution in [3.63, 3.8) is 0 Å². The van der Waals surface area contributed by atoms with E-state index in [4.69, 9.17) is 4.74 Å². The van der Waals surface area contributed by atoms with Gasteiger partial charge in [0.15, 0.2) is 0 Å². The molecular formula is C18H25N3O3. The number of nitrogens with zero attached hydrogens (tertiary/aromatic N) is 2. The maximum Gasteiger partial charge on any atom is 0.252 e. The van der Waals surface area contributed by atoms with Crippen molar-refractivity contribution in [1.82, 2.24) is 10.2 Å². The molecule has 1 aromatic carbocycles. The Morgan fingerprint density at radius 2 is 2.08 bits per heavy atom. The van der Waals surface area contributed by atoms with E-state index >= 15 is 0 Å². The first-order valence-corrected chi connectivity index (χ1v) is 8.53. The Kier molecular flexibility index (Phi) is 5.16. The van der Waals surface area contributed by atoms with Crippen molar-refractivity contribution < 1.29 is 14.3 Å². The summed E-state index contributed by atoms with van der Waals surface area (Å²) in [5, 5.41) is 3.35. The molecule has 2 heterocycles. The van der Waals surface area contributed by atoms with Gasteiger partial charge in [-0.25, -0.2) is 0 Å². The summed E-state index contributed by atoms with van der Waals surface area (Å²) in [4.78, 5) is 28.6. The Morgan fingerprint density at radius 3 is 2.79 bits per heavy atom. The Morgan fingerprint density at radius 1 is 1.33 bits per heavy atom. The van der Waals surface area contributed by atoms with Crippen molar-refractivity contribution in [2.45, 2.75) is 25.3 Å². The largest absolute Gasteiger partial charge is 0.375 e. The number of likely N-dealkylation sites (N-methyl/N-ethyl adjacent to an activating group) is 1. The van der Waals surface area contributed by atoms with Crippen molar-refractivity contribution in [3.8, 4) is 0 Å². The zero-order valence-electron chi connectivity index (χ0n) is 14.4. The summed E-state index contributed by atoms with van der Waals surface area (Å²) in [6, 6.07) is 5.55. The first-order chi connectivity index (χ1) is 11.6. The average molecular weight is 331 g/mol. The number of ether oxygens (including phenoxy) is 1. The van der Waals surface area contributed by atoms with Crippen LogP contribution in [-0.4, -0.2) is 57.1 Å². The third-order valence-electron chi connectivity index (χ3n) is 4.89. The van der Waals surface area contributed by atoms with Gasteiger partial charge >= 0.3 is 0 Å². The maximum atomic E-state index is 12.8. The van der Waals surface area contributed by atoms with Gasteiger partial charge < -0.3 is 19.9 Å². The minimum absolute atomic E-state index is 0.0502. The van der Waals surface area contributed by atoms with Crippen LogP contribution < -0.4 is 10.2 Å². The van der Waals surface area contributed by atoms with E-state index in [-0.39, 0.29) is 24.5 Å². The number of hydrogen-bond acceptors (Lipinski definition) is 4. The van der Waals surface area contributed by atoms with E-state index in [1.54, 1.807) is 11.9 Å². The number of likely N-dealkylation sites (tertiary alicyclic amines) is 1. The lowest BCUT2D eigenvalue weighted by molar-refractivity contribution is -0.132. The predicted octanol–water partition coefficient (Wildman–Crippen LogP) is 1.10. The second-order valence-corrected chi connectivity index (χ2v) is 6.40. The molecule has 130 valence electrons. The highest BCUT2D eigenvalue weighted by Gasteiger charge is 2.32. The molecule has 6 nitrogen and oxygen atoms in total. The van der Waals surface area contributed by atoms with E-state index in [1.807, 2.05) is 23.1 Å². The molecule has 0 bridgehead atoms. The van der Waals surface area contributed by atoms with E-state index in [1.165, 1.54) is 7.11 Å². The summed E-state index contributed by atoms with van der Waals surface area (Å²) in [5.74, 6) is 0.0586. The molecule has 2 amide bonds. The number of hydrogen-bond donors (Lipinski definition) is 1. The van der Waals surface area contributed by atoms with E-state index in [9.17, 15) is 9.59 Å². The second-order valence-electron chi connectivity index (χ2n) is 6.40. The van der Waals surface area contributed by atoms with Gasteiger partial charge in [0.25, 0.3) is 5.91 Å². The van der Waals surface area contributed by atoms with Gasteiger partial charge in [-0.2, -0.15) is 0 Å². The van der Waals surface area contributed by atoms with Crippen molar-refractivity contribution >= 4 is 17.5 Å². The summed E-state index contributed by atoms with van der Waals surface area (Å²) in [5.41, 5.74) is 2.95. The summed E-state index contributed by atoms with van der Waals surface area (Å²) < 4.78 is 4.95. The normalized spacial score (nSPS) is 19.9. The number of anilines is 1. The van der Waals surface area contributed by atoms with Crippen LogP contribution in [0.1, 0.15) is 30.0 Å². The van der Waals surface area contributed by atoms with Gasteiger partial charge in [-0.05, 0) is 36.5 Å². The smallest absolute Gasteiger partial charge is 0.252 e. The highest BCUT2D eigenvalue weighted by Crippen LogP contribution is 2.32. The zero-order valence-corrected chi connectivity index (χ0v) is 14.4. The Balaban J connectivity index is 1.90. The van der Waals surface area contributed by atoms with Crippen molar-refractivity contribution in [2.75, 3.05) is 45.3 Å². The van der Waals surface area contributed by atoms with Crippen LogP contribution in [0.2, 0.25) is 0 Å². The zero-order chi connectivity index (χ0) is 17.1. The fraction of sp³-hybridized carbons (Fsp3) is 0.556. The molecule has 0 aliphatic carbocycles. The molecule has 1 aromatic rings. The molecule has 1 saturated heterocycles. The first kappa shape index (κ1) is 16.9. The third kappa shape index (κ3) is 3.16. The van der Waals surface area contributed by atoms with Crippen molar-refractivity contribution in [1.29, 1.82) is 0 Å². The lowest BCUT2D eigenvalue weighted by atomic mass is 9.91. The van der Waals surface area contributed by atoms with Gasteiger partial charge in [-0.3, -0.25) is 9.59 Å². The number of fused-ring (bicyclic) bond motifs is 1. The minimum Gasteiger partial charge on any atom is -0.375 e. The molecular weight excluding hydrogens is 306 g/mol. The number of amides is 2. The number of rotatable bonds is 4. The first-order valence-electron chi connectivity index (χ1n) is 8.53. The van der Waals surface area contributed by atoms with Crippen LogP contribution in [0.3, 0.4) is 0 Å². The highest BCUT2D eigenvalue weighted by atomic mass is 16.5. The number of carbonyl (C=O) groups is 2. The molecule has 1 unspecified atom stereocenters. The lowest BCUT2D eigenvalue weighted by Crippen LogP contribution is -2.43. The summed E-state index contributed by atoms with van der Waals surface area (Å²) in [6.45, 7) is 2.48. The quantitative estimate of drug-likeness (QED) is 0.898. The second kappa shape index (κ2) is 7.32. The van der Waals surface area contributed by atoms with Gasteiger partial charge in [0.2, 0.25) is 5.91 Å². The maximum absolute atomic E-state index is 12.8. The van der Waals surface area contributed by atoms with Crippen LogP contribution in [0.25, 0.3) is 0 Å². The molecule has 0 saturated carbocycles. The Hall–Kier alpha value is -1.92. The van der Waals surface area contributed by atoms with Crippen LogP contribution >= 0.6 is 0 Å². The lowest BCUT2D eigenvalue weighted by Gasteiger charge is -2.32. The molecule has 1 atom stereocenters. The summed E-state index contributed by atoms with van der Waals surface area (Å²) >= 11 is 0. The fourth-order valence-corrected chi connectivity index (χ4v) is 3.60. The molecule has 0 aromatic heterocycles. The summed E-state index contributed by atoms with van der Waals surface area (Å²) in [7, 11) is 3.27. The number of methoxy groups -OCH3 is 1. The van der Waals surface area contributed by atoms with Crippen LogP contribution in [0.15, 0.2) is 18.2 Å². The molecule has 6 heteroatoms. The van der Waals surface area contributed by atoms with Crippen molar-refractivity contribution in [2.24, 2.45) is 0 Å². The number of benzene rings is 1. The van der Waals surface area contributed by atoms with Crippen LogP contribution in [0, 0.1) is 0 Å². The molecule has 3 rings (SSSR count). The predicted molar refractivity (Wildman–Crippen MR) is 92.0 cm³/mol. The van der Waals surface area contributed by atoms with E-state index < -0.39 is 0 Å². The van der Waals surface area contributed by atoms with E-state index in [0.29, 0.717) is 0 Å². The van der Waals surface area contributed by atoms with Gasteiger partial charge in [0.05, 0.1) is 0 Å². The summed E-state index contributed by atoms with van der Waals surface area (Å²) in [6.07, 6.45) is 2.97. The topological polar surface area (TPSA) is 61.9 Å². The van der Waals surface area contributed by atoms with Gasteiger partial charge in [-0.1, -0.05) is 12.1 Å². The monoisotopic (exact) mass is 331 g/mol. The van der Waals surface area contributed by atoms with Crippen LogP contribution in [0.4, 0.5) is 5.69 Å².